The third kappa shape index (κ3) is 2.38. The number of pyridine rings is 1. The minimum atomic E-state index is -0.410. The zero-order valence-electron chi connectivity index (χ0n) is 11.3. The molecule has 20 heavy (non-hydrogen) atoms. The first-order chi connectivity index (χ1) is 9.56. The van der Waals surface area contributed by atoms with Crippen molar-refractivity contribution in [2.75, 3.05) is 11.9 Å². The summed E-state index contributed by atoms with van der Waals surface area (Å²) in [6.07, 6.45) is 3.50. The van der Waals surface area contributed by atoms with Crippen molar-refractivity contribution in [2.24, 2.45) is 0 Å². The average molecular weight is 270 g/mol. The van der Waals surface area contributed by atoms with Gasteiger partial charge in [-0.1, -0.05) is 0 Å². The lowest BCUT2D eigenvalue weighted by Gasteiger charge is -2.26. The number of non-ortho nitro benzene ring substituents is 1. The van der Waals surface area contributed by atoms with Gasteiger partial charge in [-0.3, -0.25) is 15.1 Å². The first-order valence-corrected chi connectivity index (χ1v) is 6.17. The number of benzene rings is 1. The van der Waals surface area contributed by atoms with Crippen molar-refractivity contribution in [3.8, 4) is 6.07 Å². The van der Waals surface area contributed by atoms with Gasteiger partial charge in [-0.2, -0.15) is 5.26 Å². The predicted octanol–water partition coefficient (Wildman–Crippen LogP) is 2.88. The maximum atomic E-state index is 11.1. The zero-order chi connectivity index (χ0) is 14.7. The predicted molar refractivity (Wildman–Crippen MR) is 76.5 cm³/mol. The van der Waals surface area contributed by atoms with Crippen LogP contribution in [0.3, 0.4) is 0 Å². The van der Waals surface area contributed by atoms with E-state index >= 15 is 0 Å². The lowest BCUT2D eigenvalue weighted by molar-refractivity contribution is -0.383. The van der Waals surface area contributed by atoms with Gasteiger partial charge in [0.2, 0.25) is 0 Å². The van der Waals surface area contributed by atoms with Gasteiger partial charge >= 0.3 is 0 Å². The monoisotopic (exact) mass is 270 g/mol. The second-order valence-corrected chi connectivity index (χ2v) is 4.60. The highest BCUT2D eigenvalue weighted by atomic mass is 16.6. The van der Waals surface area contributed by atoms with E-state index in [1.807, 2.05) is 18.9 Å². The molecule has 0 saturated heterocycles. The molecule has 0 amide bonds. The van der Waals surface area contributed by atoms with Crippen molar-refractivity contribution in [2.45, 2.75) is 19.4 Å². The van der Waals surface area contributed by atoms with E-state index < -0.39 is 4.92 Å². The van der Waals surface area contributed by atoms with Gasteiger partial charge in [0.1, 0.15) is 0 Å². The zero-order valence-corrected chi connectivity index (χ0v) is 11.3. The molecular formula is C14H14N4O2. The first-order valence-electron chi connectivity index (χ1n) is 6.17. The number of nitro benzene ring substituents is 1. The molecule has 1 unspecified atom stereocenters. The van der Waals surface area contributed by atoms with Gasteiger partial charge in [0.05, 0.1) is 22.8 Å². The topological polar surface area (TPSA) is 83.1 Å². The third-order valence-electron chi connectivity index (χ3n) is 3.40. The van der Waals surface area contributed by atoms with Crippen LogP contribution in [0.15, 0.2) is 30.6 Å². The Morgan fingerprint density at radius 2 is 2.20 bits per heavy atom. The van der Waals surface area contributed by atoms with Crippen molar-refractivity contribution in [1.82, 2.24) is 4.98 Å². The highest BCUT2D eigenvalue weighted by Gasteiger charge is 2.18. The van der Waals surface area contributed by atoms with Gasteiger partial charge in [0.15, 0.2) is 0 Å². The van der Waals surface area contributed by atoms with E-state index in [0.29, 0.717) is 11.8 Å². The summed E-state index contributed by atoms with van der Waals surface area (Å²) >= 11 is 0. The Hall–Kier alpha value is -2.68. The molecule has 0 saturated carbocycles. The average Bonchev–Trinajstić information content (AvgIpc) is 2.45. The summed E-state index contributed by atoms with van der Waals surface area (Å²) in [5.74, 6) is 0. The third-order valence-corrected chi connectivity index (χ3v) is 3.40. The molecule has 0 spiro atoms. The summed E-state index contributed by atoms with van der Waals surface area (Å²) in [4.78, 5) is 16.6. The molecule has 0 aliphatic rings. The molecule has 0 fully saturated rings. The number of anilines is 1. The summed E-state index contributed by atoms with van der Waals surface area (Å²) < 4.78 is 0. The lowest BCUT2D eigenvalue weighted by atomic mass is 10.1. The Labute approximate surface area is 116 Å². The van der Waals surface area contributed by atoms with Gasteiger partial charge in [-0.25, -0.2) is 0 Å². The summed E-state index contributed by atoms with van der Waals surface area (Å²) in [6, 6.07) is 7.11. The normalized spacial score (nSPS) is 11.8. The van der Waals surface area contributed by atoms with E-state index in [9.17, 15) is 10.1 Å². The van der Waals surface area contributed by atoms with Crippen LogP contribution in [0.1, 0.15) is 13.3 Å². The number of nitro groups is 1. The Balaban J connectivity index is 2.59. The molecule has 1 heterocycles. The van der Waals surface area contributed by atoms with E-state index in [1.54, 1.807) is 18.3 Å². The fourth-order valence-corrected chi connectivity index (χ4v) is 2.13. The largest absolute Gasteiger partial charge is 0.370 e. The summed E-state index contributed by atoms with van der Waals surface area (Å²) in [6.45, 7) is 1.94. The van der Waals surface area contributed by atoms with Crippen molar-refractivity contribution < 1.29 is 4.92 Å². The molecule has 1 aromatic carbocycles. The highest BCUT2D eigenvalue weighted by molar-refractivity contribution is 5.99. The van der Waals surface area contributed by atoms with Gasteiger partial charge in [-0.05, 0) is 19.1 Å². The SMILES string of the molecule is CC(CC#N)N(C)c1ccc([N+](=O)[O-])c2cnccc12. The first kappa shape index (κ1) is 13.7. The molecule has 0 aliphatic heterocycles. The van der Waals surface area contributed by atoms with E-state index in [2.05, 4.69) is 11.1 Å². The number of aromatic nitrogens is 1. The smallest absolute Gasteiger partial charge is 0.278 e. The number of hydrogen-bond donors (Lipinski definition) is 0. The van der Waals surface area contributed by atoms with Gasteiger partial charge in [0.25, 0.3) is 5.69 Å². The molecule has 0 bridgehead atoms. The molecule has 0 radical (unpaired) electrons. The molecule has 0 aliphatic carbocycles. The minimum absolute atomic E-state index is 0.0258. The molecule has 2 rings (SSSR count). The van der Waals surface area contributed by atoms with Gasteiger partial charge < -0.3 is 4.90 Å². The van der Waals surface area contributed by atoms with Crippen LogP contribution in [0.2, 0.25) is 0 Å². The molecule has 6 heteroatoms. The van der Waals surface area contributed by atoms with Crippen LogP contribution in [0, 0.1) is 21.4 Å². The molecule has 1 aromatic heterocycles. The van der Waals surface area contributed by atoms with Gasteiger partial charge in [0, 0.05) is 42.6 Å². The van der Waals surface area contributed by atoms with Crippen LogP contribution in [0.25, 0.3) is 10.8 Å². The Morgan fingerprint density at radius 1 is 1.45 bits per heavy atom. The van der Waals surface area contributed by atoms with E-state index in [-0.39, 0.29) is 11.7 Å². The second kappa shape index (κ2) is 5.53. The quantitative estimate of drug-likeness (QED) is 0.630. The second-order valence-electron chi connectivity index (χ2n) is 4.60. The van der Waals surface area contributed by atoms with E-state index in [1.165, 1.54) is 12.3 Å². The summed E-state index contributed by atoms with van der Waals surface area (Å²) in [7, 11) is 1.88. The Bertz CT molecular complexity index is 693. The number of nitrogens with zero attached hydrogens (tertiary/aromatic N) is 4. The van der Waals surface area contributed by atoms with Crippen LogP contribution in [-0.2, 0) is 0 Å². The van der Waals surface area contributed by atoms with Crippen LogP contribution in [0.4, 0.5) is 11.4 Å². The molecule has 2 aromatic rings. The standard InChI is InChI=1S/C14H14N4O2/c1-10(5-7-15)17(2)13-3-4-14(18(19)20)12-9-16-8-6-11(12)13/h3-4,6,8-10H,5H2,1-2H3. The van der Waals surface area contributed by atoms with Crippen LogP contribution >= 0.6 is 0 Å². The van der Waals surface area contributed by atoms with Crippen LogP contribution < -0.4 is 4.90 Å². The van der Waals surface area contributed by atoms with E-state index in [0.717, 1.165) is 11.1 Å². The molecule has 1 atom stereocenters. The van der Waals surface area contributed by atoms with Crippen LogP contribution in [0.5, 0.6) is 0 Å². The maximum Gasteiger partial charge on any atom is 0.278 e. The van der Waals surface area contributed by atoms with Crippen molar-refractivity contribution in [3.05, 3.63) is 40.7 Å². The highest BCUT2D eigenvalue weighted by Crippen LogP contribution is 2.33. The Kier molecular flexibility index (Phi) is 3.80. The lowest BCUT2D eigenvalue weighted by Crippen LogP contribution is -2.28. The maximum absolute atomic E-state index is 11.1. The number of hydrogen-bond acceptors (Lipinski definition) is 5. The van der Waals surface area contributed by atoms with Crippen molar-refractivity contribution in [3.63, 3.8) is 0 Å². The minimum Gasteiger partial charge on any atom is -0.370 e. The van der Waals surface area contributed by atoms with Crippen molar-refractivity contribution >= 4 is 22.1 Å². The summed E-state index contributed by atoms with van der Waals surface area (Å²) in [5, 5.41) is 21.1. The number of rotatable bonds is 4. The van der Waals surface area contributed by atoms with Crippen LogP contribution in [-0.4, -0.2) is 23.0 Å². The summed E-state index contributed by atoms with van der Waals surface area (Å²) in [5.41, 5.74) is 0.897. The number of nitriles is 1. The fraction of sp³-hybridized carbons (Fsp3) is 0.286. The number of fused-ring (bicyclic) bond motifs is 1. The molecular weight excluding hydrogens is 256 g/mol. The molecule has 6 nitrogen and oxygen atoms in total. The fourth-order valence-electron chi connectivity index (χ4n) is 2.13. The van der Waals surface area contributed by atoms with Gasteiger partial charge in [-0.15, -0.1) is 0 Å². The molecule has 0 N–H and O–H groups in total. The van der Waals surface area contributed by atoms with E-state index in [4.69, 9.17) is 5.26 Å². The Morgan fingerprint density at radius 3 is 2.85 bits per heavy atom. The molecule has 102 valence electrons. The van der Waals surface area contributed by atoms with Crippen molar-refractivity contribution in [1.29, 1.82) is 5.26 Å².